The molecule has 1 aliphatic carbocycles. The first-order chi connectivity index (χ1) is 8.04. The Balaban J connectivity index is 1.93. The van der Waals surface area contributed by atoms with Crippen molar-refractivity contribution in [3.8, 4) is 5.75 Å². The van der Waals surface area contributed by atoms with Gasteiger partial charge >= 0.3 is 0 Å². The summed E-state index contributed by atoms with van der Waals surface area (Å²) in [6.45, 7) is 4.76. The first-order valence-electron chi connectivity index (χ1n) is 6.58. The van der Waals surface area contributed by atoms with Crippen molar-refractivity contribution in [2.75, 3.05) is 6.61 Å². The zero-order chi connectivity index (χ0) is 12.3. The van der Waals surface area contributed by atoms with E-state index in [9.17, 15) is 0 Å². The van der Waals surface area contributed by atoms with Crippen molar-refractivity contribution < 1.29 is 4.74 Å². The van der Waals surface area contributed by atoms with E-state index in [0.29, 0.717) is 6.61 Å². The molecule has 2 nitrogen and oxygen atoms in total. The minimum absolute atomic E-state index is 0.145. The summed E-state index contributed by atoms with van der Waals surface area (Å²) in [5.41, 5.74) is 8.76. The van der Waals surface area contributed by atoms with Crippen molar-refractivity contribution >= 4 is 0 Å². The number of nitrogens with two attached hydrogens (primary N) is 1. The van der Waals surface area contributed by atoms with Gasteiger partial charge in [0.25, 0.3) is 0 Å². The van der Waals surface area contributed by atoms with Gasteiger partial charge in [0.15, 0.2) is 0 Å². The molecule has 1 aromatic rings. The van der Waals surface area contributed by atoms with Gasteiger partial charge in [0, 0.05) is 5.54 Å². The third-order valence-electron chi connectivity index (χ3n) is 3.34. The van der Waals surface area contributed by atoms with Gasteiger partial charge in [-0.05, 0) is 69.2 Å². The monoisotopic (exact) mass is 233 g/mol. The highest BCUT2D eigenvalue weighted by molar-refractivity contribution is 5.37. The molecule has 0 spiro atoms. The lowest BCUT2D eigenvalue weighted by Gasteiger charge is -2.20. The molecule has 17 heavy (non-hydrogen) atoms. The smallest absolute Gasteiger partial charge is 0.119 e. The van der Waals surface area contributed by atoms with E-state index in [1.807, 2.05) is 13.8 Å². The molecular weight excluding hydrogens is 210 g/mol. The van der Waals surface area contributed by atoms with Crippen LogP contribution in [0.3, 0.4) is 0 Å². The SMILES string of the molecule is CC(C)(N)CCOc1ccc2c(c1)CCCC2. The zero-order valence-corrected chi connectivity index (χ0v) is 11.0. The topological polar surface area (TPSA) is 35.2 Å². The van der Waals surface area contributed by atoms with Crippen LogP contribution in [0.4, 0.5) is 0 Å². The molecule has 0 aliphatic heterocycles. The fourth-order valence-electron chi connectivity index (χ4n) is 2.23. The lowest BCUT2D eigenvalue weighted by atomic mass is 9.92. The van der Waals surface area contributed by atoms with Gasteiger partial charge in [-0.25, -0.2) is 0 Å². The minimum Gasteiger partial charge on any atom is -0.494 e. The van der Waals surface area contributed by atoms with E-state index >= 15 is 0 Å². The molecule has 1 aromatic carbocycles. The quantitative estimate of drug-likeness (QED) is 0.867. The Morgan fingerprint density at radius 3 is 2.59 bits per heavy atom. The molecule has 1 aliphatic rings. The summed E-state index contributed by atoms with van der Waals surface area (Å²) in [5.74, 6) is 0.995. The van der Waals surface area contributed by atoms with Crippen molar-refractivity contribution in [3.05, 3.63) is 29.3 Å². The Kier molecular flexibility index (Phi) is 3.72. The van der Waals surface area contributed by atoms with E-state index < -0.39 is 0 Å². The Morgan fingerprint density at radius 2 is 1.88 bits per heavy atom. The molecular formula is C15H23NO. The Hall–Kier alpha value is -1.02. The van der Waals surface area contributed by atoms with E-state index in [-0.39, 0.29) is 5.54 Å². The molecule has 0 atom stereocenters. The van der Waals surface area contributed by atoms with Crippen molar-refractivity contribution in [2.45, 2.75) is 51.5 Å². The predicted molar refractivity (Wildman–Crippen MR) is 71.5 cm³/mol. The fourth-order valence-corrected chi connectivity index (χ4v) is 2.23. The van der Waals surface area contributed by atoms with E-state index in [2.05, 4.69) is 18.2 Å². The summed E-state index contributed by atoms with van der Waals surface area (Å²) in [7, 11) is 0. The second kappa shape index (κ2) is 5.09. The Labute approximate surface area is 104 Å². The number of aryl methyl sites for hydroxylation is 2. The van der Waals surface area contributed by atoms with Crippen LogP contribution in [0.2, 0.25) is 0 Å². The highest BCUT2D eigenvalue weighted by Gasteiger charge is 2.12. The number of fused-ring (bicyclic) bond motifs is 1. The number of hydrogen-bond acceptors (Lipinski definition) is 2. The van der Waals surface area contributed by atoms with Gasteiger partial charge in [-0.1, -0.05) is 6.07 Å². The summed E-state index contributed by atoms with van der Waals surface area (Å²) < 4.78 is 5.77. The minimum atomic E-state index is -0.145. The molecule has 2 heteroatoms. The number of benzene rings is 1. The van der Waals surface area contributed by atoms with Crippen molar-refractivity contribution in [1.82, 2.24) is 0 Å². The first kappa shape index (κ1) is 12.4. The number of rotatable bonds is 4. The van der Waals surface area contributed by atoms with Crippen molar-refractivity contribution in [1.29, 1.82) is 0 Å². The molecule has 0 fully saturated rings. The van der Waals surface area contributed by atoms with Gasteiger partial charge in [0.2, 0.25) is 0 Å². The second-order valence-electron chi connectivity index (χ2n) is 5.72. The van der Waals surface area contributed by atoms with Gasteiger partial charge in [-0.15, -0.1) is 0 Å². The van der Waals surface area contributed by atoms with Gasteiger partial charge < -0.3 is 10.5 Å². The normalized spacial score (nSPS) is 15.5. The van der Waals surface area contributed by atoms with Crippen molar-refractivity contribution in [2.24, 2.45) is 5.73 Å². The summed E-state index contributed by atoms with van der Waals surface area (Å²) in [6.07, 6.45) is 5.95. The van der Waals surface area contributed by atoms with Crippen LogP contribution in [0.25, 0.3) is 0 Å². The molecule has 2 N–H and O–H groups in total. The standard InChI is InChI=1S/C15H23NO/c1-15(2,16)9-10-17-14-8-7-12-5-3-4-6-13(12)11-14/h7-8,11H,3-6,9-10,16H2,1-2H3. The van der Waals surface area contributed by atoms with Crippen LogP contribution in [0, 0.1) is 0 Å². The average molecular weight is 233 g/mol. The van der Waals surface area contributed by atoms with Crippen LogP contribution in [-0.4, -0.2) is 12.1 Å². The number of ether oxygens (including phenoxy) is 1. The van der Waals surface area contributed by atoms with E-state index in [0.717, 1.165) is 12.2 Å². The molecule has 0 bridgehead atoms. The van der Waals surface area contributed by atoms with Gasteiger partial charge in [0.05, 0.1) is 6.61 Å². The Bertz CT molecular complexity index is 379. The molecule has 2 rings (SSSR count). The molecule has 0 heterocycles. The van der Waals surface area contributed by atoms with Crippen LogP contribution < -0.4 is 10.5 Å². The lowest BCUT2D eigenvalue weighted by molar-refractivity contribution is 0.274. The van der Waals surface area contributed by atoms with Gasteiger partial charge in [0.1, 0.15) is 5.75 Å². The van der Waals surface area contributed by atoms with E-state index in [1.165, 1.54) is 36.8 Å². The van der Waals surface area contributed by atoms with Crippen LogP contribution in [-0.2, 0) is 12.8 Å². The maximum atomic E-state index is 5.93. The molecule has 0 amide bonds. The average Bonchev–Trinajstić information content (AvgIpc) is 2.27. The first-order valence-corrected chi connectivity index (χ1v) is 6.58. The molecule has 0 saturated heterocycles. The highest BCUT2D eigenvalue weighted by atomic mass is 16.5. The third-order valence-corrected chi connectivity index (χ3v) is 3.34. The summed E-state index contributed by atoms with van der Waals surface area (Å²) >= 11 is 0. The van der Waals surface area contributed by atoms with E-state index in [1.54, 1.807) is 0 Å². The van der Waals surface area contributed by atoms with Crippen LogP contribution in [0.5, 0.6) is 5.75 Å². The number of hydrogen-bond donors (Lipinski definition) is 1. The molecule has 0 unspecified atom stereocenters. The Morgan fingerprint density at radius 1 is 1.18 bits per heavy atom. The molecule has 0 saturated carbocycles. The maximum Gasteiger partial charge on any atom is 0.119 e. The predicted octanol–water partition coefficient (Wildman–Crippen LogP) is 3.07. The largest absolute Gasteiger partial charge is 0.494 e. The summed E-state index contributed by atoms with van der Waals surface area (Å²) in [5, 5.41) is 0. The molecule has 94 valence electrons. The van der Waals surface area contributed by atoms with Crippen LogP contribution >= 0.6 is 0 Å². The second-order valence-corrected chi connectivity index (χ2v) is 5.72. The lowest BCUT2D eigenvalue weighted by Crippen LogP contribution is -2.33. The van der Waals surface area contributed by atoms with Crippen LogP contribution in [0.1, 0.15) is 44.2 Å². The molecule has 0 radical (unpaired) electrons. The fraction of sp³-hybridized carbons (Fsp3) is 0.600. The van der Waals surface area contributed by atoms with Crippen molar-refractivity contribution in [3.63, 3.8) is 0 Å². The summed E-state index contributed by atoms with van der Waals surface area (Å²) in [4.78, 5) is 0. The van der Waals surface area contributed by atoms with Gasteiger partial charge in [-0.2, -0.15) is 0 Å². The highest BCUT2D eigenvalue weighted by Crippen LogP contribution is 2.25. The maximum absolute atomic E-state index is 5.93. The zero-order valence-electron chi connectivity index (χ0n) is 11.0. The third kappa shape index (κ3) is 3.74. The van der Waals surface area contributed by atoms with Gasteiger partial charge in [-0.3, -0.25) is 0 Å². The van der Waals surface area contributed by atoms with E-state index in [4.69, 9.17) is 10.5 Å². The molecule has 0 aromatic heterocycles. The van der Waals surface area contributed by atoms with Crippen LogP contribution in [0.15, 0.2) is 18.2 Å². The summed E-state index contributed by atoms with van der Waals surface area (Å²) in [6, 6.07) is 6.52.